The third kappa shape index (κ3) is 5.76. The lowest BCUT2D eigenvalue weighted by atomic mass is 9.79. The number of benzene rings is 1. The molecule has 0 saturated carbocycles. The minimum atomic E-state index is -1.12. The number of hydrogen-bond donors (Lipinski definition) is 1. The molecule has 1 N–H and O–H groups in total. The predicted octanol–water partition coefficient (Wildman–Crippen LogP) is 4.16. The van der Waals surface area contributed by atoms with Gasteiger partial charge >= 0.3 is 0 Å². The number of carbonyl (C=O) groups excluding carboxylic acids is 2. The van der Waals surface area contributed by atoms with E-state index in [9.17, 15) is 19.5 Å². The Hall–Kier alpha value is -4.61. The Kier molecular flexibility index (Phi) is 8.04. The van der Waals surface area contributed by atoms with Gasteiger partial charge in [0.2, 0.25) is 5.91 Å². The molecule has 236 valence electrons. The highest BCUT2D eigenvalue weighted by Crippen LogP contribution is 2.37. The maximum absolute atomic E-state index is 14.1. The Labute approximate surface area is 270 Å². The van der Waals surface area contributed by atoms with Crippen LogP contribution in [0, 0.1) is 5.92 Å². The van der Waals surface area contributed by atoms with Crippen molar-refractivity contribution in [3.63, 3.8) is 0 Å². The van der Waals surface area contributed by atoms with Crippen molar-refractivity contribution in [2.75, 3.05) is 26.2 Å². The summed E-state index contributed by atoms with van der Waals surface area (Å²) in [4.78, 5) is 54.1. The van der Waals surface area contributed by atoms with Crippen LogP contribution in [0.5, 0.6) is 0 Å². The second-order valence-corrected chi connectivity index (χ2v) is 13.4. The number of likely N-dealkylation sites (tertiary alicyclic amines) is 2. The molecule has 5 aromatic rings. The summed E-state index contributed by atoms with van der Waals surface area (Å²) < 4.78 is 3.27. The molecule has 2 aliphatic rings. The first-order valence-corrected chi connectivity index (χ1v) is 16.5. The van der Waals surface area contributed by atoms with E-state index in [1.54, 1.807) is 29.2 Å². The van der Waals surface area contributed by atoms with Crippen molar-refractivity contribution >= 4 is 34.2 Å². The molecule has 2 saturated heterocycles. The third-order valence-electron chi connectivity index (χ3n) is 9.58. The lowest BCUT2D eigenvalue weighted by Crippen LogP contribution is -2.53. The summed E-state index contributed by atoms with van der Waals surface area (Å²) in [7, 11) is 1.84. The maximum Gasteiger partial charge on any atom is 0.262 e. The van der Waals surface area contributed by atoms with Gasteiger partial charge in [-0.3, -0.25) is 23.9 Å². The van der Waals surface area contributed by atoms with E-state index in [1.165, 1.54) is 22.2 Å². The second kappa shape index (κ2) is 12.3. The number of aliphatic hydroxyl groups is 1. The van der Waals surface area contributed by atoms with Crippen LogP contribution in [0.4, 0.5) is 0 Å². The zero-order chi connectivity index (χ0) is 31.8. The second-order valence-electron chi connectivity index (χ2n) is 12.5. The summed E-state index contributed by atoms with van der Waals surface area (Å²) in [6.07, 6.45) is 8.07. The van der Waals surface area contributed by atoms with Gasteiger partial charge in [0.15, 0.2) is 0 Å². The Morgan fingerprint density at radius 1 is 1.02 bits per heavy atom. The molecule has 10 nitrogen and oxygen atoms in total. The van der Waals surface area contributed by atoms with E-state index in [1.807, 2.05) is 70.8 Å². The zero-order valence-electron chi connectivity index (χ0n) is 25.7. The number of fused-ring (bicyclic) bond motifs is 1. The number of pyridine rings is 1. The molecule has 0 aliphatic carbocycles. The third-order valence-corrected chi connectivity index (χ3v) is 10.6. The lowest BCUT2D eigenvalue weighted by Gasteiger charge is -2.43. The van der Waals surface area contributed by atoms with E-state index >= 15 is 0 Å². The van der Waals surface area contributed by atoms with Gasteiger partial charge in [-0.05, 0) is 54.7 Å². The molecular weight excluding hydrogens is 600 g/mol. The van der Waals surface area contributed by atoms with Crippen molar-refractivity contribution < 1.29 is 14.7 Å². The molecule has 2 fully saturated rings. The fourth-order valence-corrected chi connectivity index (χ4v) is 7.80. The van der Waals surface area contributed by atoms with E-state index in [4.69, 9.17) is 0 Å². The highest BCUT2D eigenvalue weighted by Gasteiger charge is 2.41. The van der Waals surface area contributed by atoms with Crippen LogP contribution in [-0.2, 0) is 18.4 Å². The minimum Gasteiger partial charge on any atom is -0.388 e. The Morgan fingerprint density at radius 3 is 2.54 bits per heavy atom. The standard InChI is InChI=1S/C35H36N6O4S/c1-38-15-9-28-31(38)37-23-41(34(28)44)22-35(45)11-17-39(18-12-35)33(43)27-10-16-40(20-29(27)24-5-3-2-4-6-24)32(42)26-19-30(46-21-26)25-7-13-36-14-8-25/h2-9,13-15,19,21,23,27,29,45H,10-12,16-18,20,22H2,1H3/t27-,29+/m1/s1. The highest BCUT2D eigenvalue weighted by molar-refractivity contribution is 7.13. The molecular formula is C35H36N6O4S. The summed E-state index contributed by atoms with van der Waals surface area (Å²) >= 11 is 1.54. The van der Waals surface area contributed by atoms with Gasteiger partial charge in [-0.1, -0.05) is 30.3 Å². The fourth-order valence-electron chi connectivity index (χ4n) is 6.91. The number of piperidine rings is 2. The first-order valence-electron chi connectivity index (χ1n) is 15.6. The zero-order valence-corrected chi connectivity index (χ0v) is 26.5. The molecule has 6 heterocycles. The normalized spacial score (nSPS) is 19.8. The van der Waals surface area contributed by atoms with Gasteiger partial charge in [-0.25, -0.2) is 4.98 Å². The van der Waals surface area contributed by atoms with Gasteiger partial charge in [-0.2, -0.15) is 0 Å². The Bertz CT molecular complexity index is 1930. The number of rotatable bonds is 6. The van der Waals surface area contributed by atoms with Crippen molar-refractivity contribution in [3.8, 4) is 10.4 Å². The quantitative estimate of drug-likeness (QED) is 0.300. The summed E-state index contributed by atoms with van der Waals surface area (Å²) in [6, 6.07) is 17.5. The van der Waals surface area contributed by atoms with Crippen molar-refractivity contribution in [2.45, 2.75) is 37.3 Å². The van der Waals surface area contributed by atoms with Gasteiger partial charge < -0.3 is 19.5 Å². The van der Waals surface area contributed by atoms with E-state index in [0.717, 1.165) is 16.0 Å². The summed E-state index contributed by atoms with van der Waals surface area (Å²) in [5.41, 5.74) is 2.04. The molecule has 2 atom stereocenters. The molecule has 0 unspecified atom stereocenters. The smallest absolute Gasteiger partial charge is 0.262 e. The van der Waals surface area contributed by atoms with Gasteiger partial charge in [0.1, 0.15) is 12.0 Å². The minimum absolute atomic E-state index is 0.0233. The van der Waals surface area contributed by atoms with E-state index in [2.05, 4.69) is 9.97 Å². The van der Waals surface area contributed by atoms with Crippen molar-refractivity contribution in [1.82, 2.24) is 28.9 Å². The predicted molar refractivity (Wildman–Crippen MR) is 176 cm³/mol. The first-order chi connectivity index (χ1) is 22.3. The first kappa shape index (κ1) is 30.1. The van der Waals surface area contributed by atoms with Crippen molar-refractivity contribution in [1.29, 1.82) is 0 Å². The number of nitrogens with zero attached hydrogens (tertiary/aromatic N) is 6. The van der Waals surface area contributed by atoms with Crippen molar-refractivity contribution in [3.05, 3.63) is 106 Å². The Balaban J connectivity index is 1.04. The average Bonchev–Trinajstić information content (AvgIpc) is 3.74. The van der Waals surface area contributed by atoms with Gasteiger partial charge in [0.25, 0.3) is 11.5 Å². The molecule has 0 bridgehead atoms. The molecule has 11 heteroatoms. The van der Waals surface area contributed by atoms with Crippen LogP contribution in [0.3, 0.4) is 0 Å². The van der Waals surface area contributed by atoms with Crippen LogP contribution in [0.15, 0.2) is 89.7 Å². The van der Waals surface area contributed by atoms with Crippen LogP contribution < -0.4 is 5.56 Å². The van der Waals surface area contributed by atoms with Crippen LogP contribution in [0.2, 0.25) is 0 Å². The molecule has 0 spiro atoms. The topological polar surface area (TPSA) is 114 Å². The van der Waals surface area contributed by atoms with Crippen LogP contribution in [-0.4, -0.2) is 77.6 Å². The van der Waals surface area contributed by atoms with Crippen LogP contribution in [0.1, 0.15) is 41.1 Å². The highest BCUT2D eigenvalue weighted by atomic mass is 32.1. The van der Waals surface area contributed by atoms with Gasteiger partial charge in [0.05, 0.1) is 23.1 Å². The number of thiophene rings is 1. The SMILES string of the molecule is Cn1ccc2c(=O)n(CC3(O)CCN(C(=O)[C@@H]4CCN(C(=O)c5csc(-c6ccncc6)c5)C[C@H]4c4ccccc4)CC3)cnc21. The maximum atomic E-state index is 14.1. The lowest BCUT2D eigenvalue weighted by molar-refractivity contribution is -0.142. The van der Waals surface area contributed by atoms with Crippen LogP contribution >= 0.6 is 11.3 Å². The average molecular weight is 637 g/mol. The fraction of sp³-hybridized carbons (Fsp3) is 0.343. The summed E-state index contributed by atoms with van der Waals surface area (Å²) in [5, 5.41) is 13.9. The largest absolute Gasteiger partial charge is 0.388 e. The van der Waals surface area contributed by atoms with Crippen molar-refractivity contribution in [2.24, 2.45) is 13.0 Å². The summed E-state index contributed by atoms with van der Waals surface area (Å²) in [6.45, 7) is 1.88. The number of amides is 2. The number of aromatic nitrogens is 4. The number of aryl methyl sites for hydroxylation is 1. The van der Waals surface area contributed by atoms with E-state index in [-0.39, 0.29) is 35.8 Å². The number of hydrogen-bond acceptors (Lipinski definition) is 7. The Morgan fingerprint density at radius 2 is 1.78 bits per heavy atom. The molecule has 4 aromatic heterocycles. The molecule has 46 heavy (non-hydrogen) atoms. The molecule has 0 radical (unpaired) electrons. The molecule has 2 aliphatic heterocycles. The van der Waals surface area contributed by atoms with Gasteiger partial charge in [-0.15, -0.1) is 11.3 Å². The summed E-state index contributed by atoms with van der Waals surface area (Å²) in [5.74, 6) is -0.388. The monoisotopic (exact) mass is 636 g/mol. The molecule has 7 rings (SSSR count). The molecule has 1 aromatic carbocycles. The molecule has 2 amide bonds. The van der Waals surface area contributed by atoms with E-state index < -0.39 is 5.60 Å². The van der Waals surface area contributed by atoms with Crippen LogP contribution in [0.25, 0.3) is 21.5 Å². The van der Waals surface area contributed by atoms with Gasteiger partial charge in [0, 0.05) is 73.9 Å². The van der Waals surface area contributed by atoms with E-state index in [0.29, 0.717) is 62.0 Å². The number of carbonyl (C=O) groups is 2.